The number of carbonyl (C=O) groups is 4. The fraction of sp³-hybridized carbons (Fsp3) is 0.333. The summed E-state index contributed by atoms with van der Waals surface area (Å²) < 4.78 is 5.37. The lowest BCUT2D eigenvalue weighted by Crippen LogP contribution is -2.48. The number of fused-ring (bicyclic) bond motifs is 1. The molecular weight excluding hydrogens is 354 g/mol. The molecule has 4 N–H and O–H groups in total. The topological polar surface area (TPSA) is 139 Å². The number of benzene rings is 1. The number of imide groups is 1. The van der Waals surface area contributed by atoms with E-state index in [2.05, 4.69) is 5.32 Å². The molecule has 0 spiro atoms. The summed E-state index contributed by atoms with van der Waals surface area (Å²) in [6.45, 7) is 0.434. The van der Waals surface area contributed by atoms with Gasteiger partial charge >= 0.3 is 5.97 Å². The molecule has 142 valence electrons. The van der Waals surface area contributed by atoms with Crippen LogP contribution in [0.25, 0.3) is 0 Å². The molecule has 3 rings (SSSR count). The number of hydrogen-bond donors (Lipinski definition) is 3. The predicted octanol–water partition coefficient (Wildman–Crippen LogP) is 0.716. The quantitative estimate of drug-likeness (QED) is 0.570. The summed E-state index contributed by atoms with van der Waals surface area (Å²) >= 11 is 0. The number of nitrogens with zero attached hydrogens (tertiary/aromatic N) is 1. The van der Waals surface area contributed by atoms with Crippen LogP contribution in [-0.2, 0) is 14.3 Å². The smallest absolute Gasteiger partial charge is 0.303 e. The highest BCUT2D eigenvalue weighted by Crippen LogP contribution is 2.31. The maximum absolute atomic E-state index is 12.9. The summed E-state index contributed by atoms with van der Waals surface area (Å²) in [6, 6.07) is 3.46. The Hall–Kier alpha value is -3.36. The minimum absolute atomic E-state index is 0.0712. The van der Waals surface area contributed by atoms with E-state index in [1.54, 1.807) is 18.4 Å². The third-order valence-corrected chi connectivity index (χ3v) is 4.50. The first-order valence-corrected chi connectivity index (χ1v) is 8.46. The lowest BCUT2D eigenvalue weighted by Gasteiger charge is -2.23. The number of hydrogen-bond acceptors (Lipinski definition) is 6. The summed E-state index contributed by atoms with van der Waals surface area (Å²) in [5.41, 5.74) is 6.07. The molecule has 3 amide bonds. The molecule has 9 heteroatoms. The minimum Gasteiger partial charge on any atom is -0.496 e. The minimum atomic E-state index is -1.32. The van der Waals surface area contributed by atoms with Crippen LogP contribution in [0.3, 0.4) is 0 Å². The van der Waals surface area contributed by atoms with Crippen molar-refractivity contribution < 1.29 is 29.0 Å². The van der Waals surface area contributed by atoms with Crippen LogP contribution in [0.5, 0.6) is 0 Å². The molecule has 27 heavy (non-hydrogen) atoms. The van der Waals surface area contributed by atoms with Crippen LogP contribution in [0.15, 0.2) is 30.5 Å². The van der Waals surface area contributed by atoms with Gasteiger partial charge in [-0.15, -0.1) is 0 Å². The van der Waals surface area contributed by atoms with Crippen LogP contribution in [-0.4, -0.2) is 52.4 Å². The van der Waals surface area contributed by atoms with Crippen molar-refractivity contribution in [3.63, 3.8) is 0 Å². The van der Waals surface area contributed by atoms with Crippen LogP contribution in [0, 0.1) is 0 Å². The second-order valence-corrected chi connectivity index (χ2v) is 6.31. The van der Waals surface area contributed by atoms with E-state index in [4.69, 9.17) is 15.6 Å². The molecule has 0 bridgehead atoms. The number of ether oxygens (including phenoxy) is 1. The molecule has 0 aliphatic carbocycles. The molecule has 1 aromatic carbocycles. The predicted molar refractivity (Wildman–Crippen MR) is 93.9 cm³/mol. The van der Waals surface area contributed by atoms with Crippen LogP contribution in [0.4, 0.5) is 5.69 Å². The van der Waals surface area contributed by atoms with Crippen molar-refractivity contribution in [3.8, 4) is 0 Å². The van der Waals surface area contributed by atoms with Gasteiger partial charge < -0.3 is 20.9 Å². The lowest BCUT2D eigenvalue weighted by molar-refractivity contribution is -0.137. The van der Waals surface area contributed by atoms with Crippen molar-refractivity contribution in [2.75, 3.05) is 11.9 Å². The Labute approximate surface area is 154 Å². The molecule has 2 aliphatic rings. The molecule has 1 aromatic rings. The van der Waals surface area contributed by atoms with Gasteiger partial charge in [0.05, 0.1) is 23.9 Å². The van der Waals surface area contributed by atoms with E-state index < -0.39 is 36.2 Å². The first-order valence-electron chi connectivity index (χ1n) is 8.46. The number of carbonyl (C=O) groups excluding carboxylic acids is 3. The summed E-state index contributed by atoms with van der Waals surface area (Å²) in [4.78, 5) is 48.9. The van der Waals surface area contributed by atoms with E-state index in [-0.39, 0.29) is 23.7 Å². The highest BCUT2D eigenvalue weighted by molar-refractivity contribution is 6.25. The SMILES string of the molecule is NC(=O)C(CCC(=O)O)N1C(=O)c2cccc(NCC3CC=CO3)c2C1=O. The van der Waals surface area contributed by atoms with E-state index >= 15 is 0 Å². The van der Waals surface area contributed by atoms with Crippen molar-refractivity contribution in [2.24, 2.45) is 5.73 Å². The monoisotopic (exact) mass is 373 g/mol. The van der Waals surface area contributed by atoms with Gasteiger partial charge in [0, 0.05) is 18.5 Å². The van der Waals surface area contributed by atoms with Crippen LogP contribution < -0.4 is 11.1 Å². The van der Waals surface area contributed by atoms with Crippen molar-refractivity contribution in [1.82, 2.24) is 4.90 Å². The molecule has 0 aromatic heterocycles. The first kappa shape index (κ1) is 18.4. The van der Waals surface area contributed by atoms with Gasteiger partial charge in [-0.2, -0.15) is 0 Å². The average Bonchev–Trinajstić information content (AvgIpc) is 3.22. The molecule has 0 saturated carbocycles. The number of anilines is 1. The van der Waals surface area contributed by atoms with Crippen molar-refractivity contribution in [3.05, 3.63) is 41.7 Å². The number of amides is 3. The fourth-order valence-corrected chi connectivity index (χ4v) is 3.18. The van der Waals surface area contributed by atoms with E-state index in [0.29, 0.717) is 12.2 Å². The van der Waals surface area contributed by atoms with Gasteiger partial charge in [0.2, 0.25) is 5.91 Å². The highest BCUT2D eigenvalue weighted by Gasteiger charge is 2.43. The molecule has 2 unspecified atom stereocenters. The second kappa shape index (κ2) is 7.48. The van der Waals surface area contributed by atoms with Crippen molar-refractivity contribution in [2.45, 2.75) is 31.4 Å². The third-order valence-electron chi connectivity index (χ3n) is 4.50. The summed E-state index contributed by atoms with van der Waals surface area (Å²) in [7, 11) is 0. The molecule has 2 atom stereocenters. The molecular formula is C18H19N3O6. The van der Waals surface area contributed by atoms with Gasteiger partial charge in [-0.3, -0.25) is 24.1 Å². The normalized spacial score (nSPS) is 19.0. The van der Waals surface area contributed by atoms with Crippen molar-refractivity contribution in [1.29, 1.82) is 0 Å². The molecule has 2 aliphatic heterocycles. The van der Waals surface area contributed by atoms with E-state index in [0.717, 1.165) is 11.3 Å². The van der Waals surface area contributed by atoms with E-state index in [1.165, 1.54) is 6.07 Å². The van der Waals surface area contributed by atoms with E-state index in [9.17, 15) is 19.2 Å². The summed E-state index contributed by atoms with van der Waals surface area (Å²) in [5.74, 6) is -3.40. The standard InChI is InChI=1S/C18H19N3O6/c19-16(24)13(6-7-14(22)23)21-17(25)11-4-1-5-12(15(11)18(21)26)20-9-10-3-2-8-27-10/h1-2,4-5,8,10,13,20H,3,6-7,9H2,(H2,19,24)(H,22,23). The number of aliphatic carboxylic acids is 1. The Kier molecular flexibility index (Phi) is 5.11. The zero-order chi connectivity index (χ0) is 19.6. The average molecular weight is 373 g/mol. The number of primary amides is 1. The van der Waals surface area contributed by atoms with Crippen LogP contribution >= 0.6 is 0 Å². The highest BCUT2D eigenvalue weighted by atomic mass is 16.5. The molecule has 0 saturated heterocycles. The Morgan fingerprint density at radius 1 is 1.33 bits per heavy atom. The van der Waals surface area contributed by atoms with Crippen LogP contribution in [0.1, 0.15) is 40.0 Å². The van der Waals surface area contributed by atoms with E-state index in [1.807, 2.05) is 6.08 Å². The largest absolute Gasteiger partial charge is 0.496 e. The Balaban J connectivity index is 1.84. The number of nitrogens with two attached hydrogens (primary N) is 1. The maximum Gasteiger partial charge on any atom is 0.303 e. The Morgan fingerprint density at radius 3 is 2.74 bits per heavy atom. The van der Waals surface area contributed by atoms with Gasteiger partial charge in [0.15, 0.2) is 0 Å². The van der Waals surface area contributed by atoms with Gasteiger partial charge in [-0.1, -0.05) is 6.07 Å². The molecule has 9 nitrogen and oxygen atoms in total. The fourth-order valence-electron chi connectivity index (χ4n) is 3.18. The molecule has 0 radical (unpaired) electrons. The van der Waals surface area contributed by atoms with Gasteiger partial charge in [-0.05, 0) is 24.6 Å². The zero-order valence-corrected chi connectivity index (χ0v) is 14.4. The molecule has 2 heterocycles. The maximum atomic E-state index is 12.9. The summed E-state index contributed by atoms with van der Waals surface area (Å²) in [6.07, 6.45) is 3.53. The lowest BCUT2D eigenvalue weighted by atomic mass is 10.1. The van der Waals surface area contributed by atoms with Crippen LogP contribution in [0.2, 0.25) is 0 Å². The second-order valence-electron chi connectivity index (χ2n) is 6.31. The van der Waals surface area contributed by atoms with Gasteiger partial charge in [-0.25, -0.2) is 0 Å². The number of nitrogens with one attached hydrogen (secondary N) is 1. The number of carboxylic acid groups (broad SMARTS) is 1. The zero-order valence-electron chi connectivity index (χ0n) is 14.4. The van der Waals surface area contributed by atoms with Gasteiger partial charge in [0.25, 0.3) is 11.8 Å². The summed E-state index contributed by atoms with van der Waals surface area (Å²) in [5, 5.41) is 11.9. The van der Waals surface area contributed by atoms with Crippen molar-refractivity contribution >= 4 is 29.4 Å². The number of rotatable bonds is 8. The van der Waals surface area contributed by atoms with Gasteiger partial charge in [0.1, 0.15) is 12.1 Å². The Morgan fingerprint density at radius 2 is 2.11 bits per heavy atom. The third kappa shape index (κ3) is 3.62. The Bertz CT molecular complexity index is 826. The first-order chi connectivity index (χ1) is 12.9. The molecule has 0 fully saturated rings. The number of carboxylic acids is 1.